The van der Waals surface area contributed by atoms with Crippen LogP contribution in [0.15, 0.2) is 35.5 Å². The summed E-state index contributed by atoms with van der Waals surface area (Å²) in [5.74, 6) is 0.234. The summed E-state index contributed by atoms with van der Waals surface area (Å²) in [6.45, 7) is 1.54. The van der Waals surface area contributed by atoms with Crippen molar-refractivity contribution in [2.24, 2.45) is 5.16 Å². The van der Waals surface area contributed by atoms with Crippen LogP contribution in [0, 0.1) is 0 Å². The highest BCUT2D eigenvalue weighted by Gasteiger charge is 2.02. The van der Waals surface area contributed by atoms with Gasteiger partial charge in [-0.3, -0.25) is 9.59 Å². The standard InChI is InChI=1S/C14H16N2O3S/c1-11(17)20-9-5-4-7-12-6-2-3-8-13(12)16-14(18)10-15-19/h2-4,6-8,10,19H,5,9H2,1H3,(H,16,18). The van der Waals surface area contributed by atoms with Gasteiger partial charge in [0.25, 0.3) is 5.91 Å². The lowest BCUT2D eigenvalue weighted by atomic mass is 10.1. The number of benzene rings is 1. The minimum atomic E-state index is -0.500. The lowest BCUT2D eigenvalue weighted by molar-refractivity contribution is -0.110. The first kappa shape index (κ1) is 16.0. The Morgan fingerprint density at radius 1 is 1.40 bits per heavy atom. The van der Waals surface area contributed by atoms with Crippen molar-refractivity contribution >= 4 is 40.8 Å². The highest BCUT2D eigenvalue weighted by Crippen LogP contribution is 2.17. The summed E-state index contributed by atoms with van der Waals surface area (Å²) in [4.78, 5) is 22.1. The zero-order valence-corrected chi connectivity index (χ0v) is 11.9. The molecule has 0 aliphatic carbocycles. The number of amides is 1. The Kier molecular flexibility index (Phi) is 7.13. The van der Waals surface area contributed by atoms with Gasteiger partial charge in [-0.05, 0) is 18.1 Å². The summed E-state index contributed by atoms with van der Waals surface area (Å²) in [5.41, 5.74) is 1.48. The number of allylic oxidation sites excluding steroid dienone is 1. The van der Waals surface area contributed by atoms with E-state index in [2.05, 4.69) is 10.5 Å². The highest BCUT2D eigenvalue weighted by molar-refractivity contribution is 8.13. The molecule has 2 N–H and O–H groups in total. The van der Waals surface area contributed by atoms with Crippen LogP contribution in [0.4, 0.5) is 5.69 Å². The van der Waals surface area contributed by atoms with Gasteiger partial charge < -0.3 is 10.5 Å². The zero-order chi connectivity index (χ0) is 14.8. The lowest BCUT2D eigenvalue weighted by Gasteiger charge is -2.05. The molecule has 0 bridgehead atoms. The van der Waals surface area contributed by atoms with E-state index in [9.17, 15) is 9.59 Å². The van der Waals surface area contributed by atoms with Crippen LogP contribution in [-0.4, -0.2) is 28.2 Å². The van der Waals surface area contributed by atoms with Crippen molar-refractivity contribution in [2.45, 2.75) is 13.3 Å². The Labute approximate surface area is 121 Å². The van der Waals surface area contributed by atoms with E-state index in [1.165, 1.54) is 11.8 Å². The molecule has 1 rings (SSSR count). The van der Waals surface area contributed by atoms with Crippen LogP contribution in [0.3, 0.4) is 0 Å². The Morgan fingerprint density at radius 3 is 2.85 bits per heavy atom. The van der Waals surface area contributed by atoms with E-state index in [1.54, 1.807) is 19.1 Å². The van der Waals surface area contributed by atoms with Gasteiger partial charge in [0.2, 0.25) is 0 Å². The van der Waals surface area contributed by atoms with Crippen molar-refractivity contribution in [3.8, 4) is 0 Å². The Hall–Kier alpha value is -2.08. The molecule has 0 atom stereocenters. The number of hydrogen-bond donors (Lipinski definition) is 2. The number of nitrogens with zero attached hydrogens (tertiary/aromatic N) is 1. The van der Waals surface area contributed by atoms with Gasteiger partial charge in [-0.1, -0.05) is 47.3 Å². The number of hydrogen-bond acceptors (Lipinski definition) is 5. The monoisotopic (exact) mass is 292 g/mol. The molecule has 1 aromatic rings. The van der Waals surface area contributed by atoms with Crippen LogP contribution in [0.1, 0.15) is 18.9 Å². The molecule has 6 heteroatoms. The van der Waals surface area contributed by atoms with Gasteiger partial charge >= 0.3 is 0 Å². The van der Waals surface area contributed by atoms with E-state index in [0.717, 1.165) is 24.0 Å². The number of carbonyl (C=O) groups excluding carboxylic acids is 2. The summed E-state index contributed by atoms with van der Waals surface area (Å²) in [7, 11) is 0. The van der Waals surface area contributed by atoms with Crippen LogP contribution in [0.2, 0.25) is 0 Å². The molecule has 0 spiro atoms. The van der Waals surface area contributed by atoms with Gasteiger partial charge in [-0.25, -0.2) is 0 Å². The fourth-order valence-corrected chi connectivity index (χ4v) is 2.00. The van der Waals surface area contributed by atoms with Crippen LogP contribution in [0.5, 0.6) is 0 Å². The summed E-state index contributed by atoms with van der Waals surface area (Å²) in [6.07, 6.45) is 5.39. The molecule has 0 heterocycles. The predicted octanol–water partition coefficient (Wildman–Crippen LogP) is 2.77. The van der Waals surface area contributed by atoms with E-state index in [4.69, 9.17) is 5.21 Å². The SMILES string of the molecule is CC(=O)SCCC=Cc1ccccc1NC(=O)C=NO. The summed E-state index contributed by atoms with van der Waals surface area (Å²) in [6, 6.07) is 7.28. The topological polar surface area (TPSA) is 78.8 Å². The zero-order valence-electron chi connectivity index (χ0n) is 11.1. The largest absolute Gasteiger partial charge is 0.411 e. The van der Waals surface area contributed by atoms with Gasteiger partial charge in [0.1, 0.15) is 6.21 Å². The Balaban J connectivity index is 2.63. The number of anilines is 1. The minimum absolute atomic E-state index is 0.106. The average molecular weight is 292 g/mol. The second kappa shape index (κ2) is 8.92. The maximum Gasteiger partial charge on any atom is 0.270 e. The molecule has 0 saturated carbocycles. The summed E-state index contributed by atoms with van der Waals surface area (Å²) in [5, 5.41) is 13.7. The third-order valence-electron chi connectivity index (χ3n) is 2.28. The quantitative estimate of drug-likeness (QED) is 0.366. The molecule has 20 heavy (non-hydrogen) atoms. The second-order valence-corrected chi connectivity index (χ2v) is 5.12. The van der Waals surface area contributed by atoms with E-state index >= 15 is 0 Å². The second-order valence-electron chi connectivity index (χ2n) is 3.85. The van der Waals surface area contributed by atoms with Crippen molar-refractivity contribution in [3.63, 3.8) is 0 Å². The maximum atomic E-state index is 11.3. The van der Waals surface area contributed by atoms with Crippen LogP contribution in [-0.2, 0) is 9.59 Å². The molecule has 0 saturated heterocycles. The molecule has 0 aliphatic heterocycles. The number of nitrogens with one attached hydrogen (secondary N) is 1. The number of carbonyl (C=O) groups is 2. The van der Waals surface area contributed by atoms with Crippen LogP contribution >= 0.6 is 11.8 Å². The fraction of sp³-hybridized carbons (Fsp3) is 0.214. The van der Waals surface area contributed by atoms with E-state index in [0.29, 0.717) is 5.69 Å². The maximum absolute atomic E-state index is 11.3. The molecule has 5 nitrogen and oxygen atoms in total. The summed E-state index contributed by atoms with van der Waals surface area (Å²) < 4.78 is 0. The summed E-state index contributed by atoms with van der Waals surface area (Å²) >= 11 is 1.28. The molecule has 0 unspecified atom stereocenters. The Bertz CT molecular complexity index is 527. The number of oxime groups is 1. The van der Waals surface area contributed by atoms with Gasteiger partial charge in [0.05, 0.1) is 0 Å². The predicted molar refractivity (Wildman–Crippen MR) is 82.1 cm³/mol. The van der Waals surface area contributed by atoms with Gasteiger partial charge in [-0.2, -0.15) is 0 Å². The smallest absolute Gasteiger partial charge is 0.270 e. The first-order chi connectivity index (χ1) is 9.63. The third kappa shape index (κ3) is 6.19. The number of rotatable bonds is 6. The molecule has 106 valence electrons. The number of thioether (sulfide) groups is 1. The van der Waals surface area contributed by atoms with Crippen molar-refractivity contribution in [3.05, 3.63) is 35.9 Å². The highest BCUT2D eigenvalue weighted by atomic mass is 32.2. The third-order valence-corrected chi connectivity index (χ3v) is 3.13. The lowest BCUT2D eigenvalue weighted by Crippen LogP contribution is -2.13. The van der Waals surface area contributed by atoms with Crippen molar-refractivity contribution in [1.29, 1.82) is 0 Å². The molecule has 0 radical (unpaired) electrons. The van der Waals surface area contributed by atoms with Crippen LogP contribution in [0.25, 0.3) is 6.08 Å². The van der Waals surface area contributed by atoms with E-state index in [1.807, 2.05) is 24.3 Å². The van der Waals surface area contributed by atoms with E-state index < -0.39 is 5.91 Å². The molecular weight excluding hydrogens is 276 g/mol. The molecule has 0 aromatic heterocycles. The fourth-order valence-electron chi connectivity index (χ4n) is 1.45. The van der Waals surface area contributed by atoms with Crippen molar-refractivity contribution in [1.82, 2.24) is 0 Å². The van der Waals surface area contributed by atoms with Gasteiger partial charge in [0.15, 0.2) is 5.12 Å². The first-order valence-electron chi connectivity index (χ1n) is 6.01. The van der Waals surface area contributed by atoms with E-state index in [-0.39, 0.29) is 5.12 Å². The minimum Gasteiger partial charge on any atom is -0.411 e. The molecule has 0 fully saturated rings. The van der Waals surface area contributed by atoms with Crippen LogP contribution < -0.4 is 5.32 Å². The normalized spacial score (nSPS) is 11.1. The molecular formula is C14H16N2O3S. The van der Waals surface area contributed by atoms with Gasteiger partial charge in [-0.15, -0.1) is 0 Å². The number of para-hydroxylation sites is 1. The first-order valence-corrected chi connectivity index (χ1v) is 6.99. The molecule has 0 aliphatic rings. The Morgan fingerprint density at radius 2 is 2.15 bits per heavy atom. The average Bonchev–Trinajstić information content (AvgIpc) is 2.40. The molecule has 1 amide bonds. The van der Waals surface area contributed by atoms with Crippen molar-refractivity contribution in [2.75, 3.05) is 11.1 Å². The molecule has 1 aromatic carbocycles. The van der Waals surface area contributed by atoms with Gasteiger partial charge in [0, 0.05) is 18.4 Å². The van der Waals surface area contributed by atoms with Crippen molar-refractivity contribution < 1.29 is 14.8 Å².